The van der Waals surface area contributed by atoms with Crippen LogP contribution in [0.3, 0.4) is 0 Å². The summed E-state index contributed by atoms with van der Waals surface area (Å²) in [6.45, 7) is 3.69. The first-order valence-electron chi connectivity index (χ1n) is 11.3. The first-order valence-corrected chi connectivity index (χ1v) is 12.1. The number of carbonyl (C=O) groups excluding carboxylic acids is 3. The molecule has 0 atom stereocenters. The third kappa shape index (κ3) is 3.67. The molecule has 2 N–H and O–H groups in total. The number of carbonyl (C=O) groups is 3. The molecule has 0 bridgehead atoms. The number of aryl methyl sites for hydroxylation is 1. The second-order valence-corrected chi connectivity index (χ2v) is 10.3. The lowest BCUT2D eigenvalue weighted by molar-refractivity contribution is -0.140. The molecule has 1 aromatic carbocycles. The zero-order valence-corrected chi connectivity index (χ0v) is 19.8. The van der Waals surface area contributed by atoms with Crippen LogP contribution in [0, 0.1) is 12.8 Å². The van der Waals surface area contributed by atoms with Crippen LogP contribution in [-0.2, 0) is 16.1 Å². The Morgan fingerprint density at radius 1 is 1.21 bits per heavy atom. The number of benzene rings is 1. The van der Waals surface area contributed by atoms with Gasteiger partial charge in [-0.2, -0.15) is 5.01 Å². The summed E-state index contributed by atoms with van der Waals surface area (Å²) >= 11 is 1.42. The number of rotatable bonds is 4. The fourth-order valence-electron chi connectivity index (χ4n) is 4.83. The van der Waals surface area contributed by atoms with Crippen molar-refractivity contribution in [1.82, 2.24) is 25.3 Å². The summed E-state index contributed by atoms with van der Waals surface area (Å²) in [5.41, 5.74) is 2.79. The minimum Gasteiger partial charge on any atom is -0.322 e. The Morgan fingerprint density at radius 2 is 1.91 bits per heavy atom. The molecule has 1 spiro atoms. The molecule has 9 nitrogen and oxygen atoms in total. The van der Waals surface area contributed by atoms with Gasteiger partial charge in [-0.1, -0.05) is 37.3 Å². The molecule has 2 aromatic heterocycles. The zero-order valence-electron chi connectivity index (χ0n) is 19.0. The van der Waals surface area contributed by atoms with Gasteiger partial charge in [0.1, 0.15) is 16.9 Å². The summed E-state index contributed by atoms with van der Waals surface area (Å²) in [5.74, 6) is -0.602. The van der Waals surface area contributed by atoms with Crippen LogP contribution in [0.5, 0.6) is 0 Å². The fraction of sp³-hybridized carbons (Fsp3) is 0.375. The Bertz CT molecular complexity index is 1350. The number of imide groups is 1. The van der Waals surface area contributed by atoms with Gasteiger partial charge in [-0.25, -0.2) is 9.78 Å². The van der Waals surface area contributed by atoms with Gasteiger partial charge in [0.05, 0.1) is 11.7 Å². The van der Waals surface area contributed by atoms with Gasteiger partial charge in [0.2, 0.25) is 0 Å². The summed E-state index contributed by atoms with van der Waals surface area (Å²) in [7, 11) is 0. The average Bonchev–Trinajstić information content (AvgIpc) is 3.27. The molecular weight excluding hydrogens is 454 g/mol. The monoisotopic (exact) mass is 479 g/mol. The minimum atomic E-state index is -0.951. The van der Waals surface area contributed by atoms with Crippen LogP contribution in [-0.4, -0.2) is 37.9 Å². The van der Waals surface area contributed by atoms with Crippen molar-refractivity contribution < 1.29 is 14.4 Å². The van der Waals surface area contributed by atoms with E-state index in [-0.39, 0.29) is 12.1 Å². The van der Waals surface area contributed by atoms with Crippen molar-refractivity contribution in [2.45, 2.75) is 51.6 Å². The lowest BCUT2D eigenvalue weighted by Gasteiger charge is -2.33. The van der Waals surface area contributed by atoms with Gasteiger partial charge >= 0.3 is 6.03 Å². The summed E-state index contributed by atoms with van der Waals surface area (Å²) < 4.78 is 1.20. The Balaban J connectivity index is 1.38. The standard InChI is InChI=1S/C24H25N5O4S/c1-14-8-10-24(11-9-14)22(32)29(23(33)26-24)27-17(30)12-28-13-25-20-19(21(28)31)18(15(2)34-20)16-6-4-3-5-7-16/h3-7,13-14H,8-12H2,1-2H3,(H,26,33)(H,27,30). The second-order valence-electron chi connectivity index (χ2n) is 9.13. The Hall–Kier alpha value is -3.53. The number of fused-ring (bicyclic) bond motifs is 1. The molecule has 1 saturated heterocycles. The van der Waals surface area contributed by atoms with E-state index in [4.69, 9.17) is 0 Å². The fourth-order valence-corrected chi connectivity index (χ4v) is 5.84. The van der Waals surface area contributed by atoms with Gasteiger partial charge in [0, 0.05) is 10.4 Å². The molecule has 0 unspecified atom stereocenters. The molecule has 5 rings (SSSR count). The molecule has 10 heteroatoms. The highest BCUT2D eigenvalue weighted by Gasteiger charge is 2.52. The molecular formula is C24H25N5O4S. The van der Waals surface area contributed by atoms with Crippen LogP contribution in [0.1, 0.15) is 37.5 Å². The van der Waals surface area contributed by atoms with Crippen LogP contribution < -0.4 is 16.3 Å². The van der Waals surface area contributed by atoms with Crippen molar-refractivity contribution in [2.24, 2.45) is 5.92 Å². The maximum absolute atomic E-state index is 13.3. The lowest BCUT2D eigenvalue weighted by atomic mass is 9.77. The second kappa shape index (κ2) is 8.35. The number of aromatic nitrogens is 2. The summed E-state index contributed by atoms with van der Waals surface area (Å²) in [6, 6.07) is 8.92. The van der Waals surface area contributed by atoms with Crippen LogP contribution in [0.25, 0.3) is 21.3 Å². The quantitative estimate of drug-likeness (QED) is 0.559. The van der Waals surface area contributed by atoms with Gasteiger partial charge in [-0.05, 0) is 44.1 Å². The summed E-state index contributed by atoms with van der Waals surface area (Å²) in [4.78, 5) is 57.5. The van der Waals surface area contributed by atoms with Crippen LogP contribution in [0.15, 0.2) is 41.5 Å². The SMILES string of the molecule is Cc1sc2ncn(CC(=O)NN3C(=O)NC4(CCC(C)CC4)C3=O)c(=O)c2c1-c1ccccc1. The highest BCUT2D eigenvalue weighted by Crippen LogP contribution is 2.36. The predicted octanol–water partition coefficient (Wildman–Crippen LogP) is 2.97. The topological polar surface area (TPSA) is 113 Å². The van der Waals surface area contributed by atoms with E-state index in [1.165, 1.54) is 22.2 Å². The van der Waals surface area contributed by atoms with Gasteiger partial charge in [0.15, 0.2) is 0 Å². The van der Waals surface area contributed by atoms with Gasteiger partial charge in [-0.3, -0.25) is 24.4 Å². The minimum absolute atomic E-state index is 0.349. The number of hydrazine groups is 1. The normalized spacial score (nSPS) is 22.4. The highest BCUT2D eigenvalue weighted by molar-refractivity contribution is 7.19. The molecule has 0 radical (unpaired) electrons. The molecule has 3 aromatic rings. The Morgan fingerprint density at radius 3 is 2.62 bits per heavy atom. The lowest BCUT2D eigenvalue weighted by Crippen LogP contribution is -2.52. The molecule has 1 aliphatic carbocycles. The van der Waals surface area contributed by atoms with Crippen LogP contribution >= 0.6 is 11.3 Å². The molecule has 1 aliphatic heterocycles. The van der Waals surface area contributed by atoms with E-state index in [1.54, 1.807) is 0 Å². The van der Waals surface area contributed by atoms with E-state index in [9.17, 15) is 19.2 Å². The smallest absolute Gasteiger partial charge is 0.322 e. The van der Waals surface area contributed by atoms with E-state index >= 15 is 0 Å². The molecule has 4 amide bonds. The molecule has 2 aliphatic rings. The number of hydrogen-bond donors (Lipinski definition) is 2. The van der Waals surface area contributed by atoms with Crippen molar-refractivity contribution in [2.75, 3.05) is 0 Å². The first-order chi connectivity index (χ1) is 16.3. The van der Waals surface area contributed by atoms with Crippen LogP contribution in [0.2, 0.25) is 0 Å². The first kappa shape index (κ1) is 22.3. The van der Waals surface area contributed by atoms with Crippen molar-refractivity contribution >= 4 is 39.4 Å². The highest BCUT2D eigenvalue weighted by atomic mass is 32.1. The summed E-state index contributed by atoms with van der Waals surface area (Å²) in [5, 5.41) is 3.97. The van der Waals surface area contributed by atoms with Crippen LogP contribution in [0.4, 0.5) is 4.79 Å². The maximum Gasteiger partial charge on any atom is 0.344 e. The van der Waals surface area contributed by atoms with Crippen molar-refractivity contribution in [1.29, 1.82) is 0 Å². The number of nitrogens with one attached hydrogen (secondary N) is 2. The van der Waals surface area contributed by atoms with Crippen molar-refractivity contribution in [3.63, 3.8) is 0 Å². The van der Waals surface area contributed by atoms with Gasteiger partial charge in [-0.15, -0.1) is 11.3 Å². The van der Waals surface area contributed by atoms with Gasteiger partial charge < -0.3 is 5.32 Å². The van der Waals surface area contributed by atoms with Gasteiger partial charge in [0.25, 0.3) is 17.4 Å². The molecule has 34 heavy (non-hydrogen) atoms. The van der Waals surface area contributed by atoms with Crippen molar-refractivity contribution in [3.05, 3.63) is 51.9 Å². The largest absolute Gasteiger partial charge is 0.344 e. The molecule has 176 valence electrons. The zero-order chi connectivity index (χ0) is 24.0. The Labute approximate surface area is 199 Å². The third-order valence-electron chi connectivity index (χ3n) is 6.76. The molecule has 3 heterocycles. The number of thiophene rings is 1. The van der Waals surface area contributed by atoms with E-state index in [0.717, 1.165) is 33.9 Å². The summed E-state index contributed by atoms with van der Waals surface area (Å²) in [6.07, 6.45) is 4.08. The Kier molecular flexibility index (Phi) is 5.47. The molecule has 1 saturated carbocycles. The van der Waals surface area contributed by atoms with Crippen molar-refractivity contribution in [3.8, 4) is 11.1 Å². The third-order valence-corrected chi connectivity index (χ3v) is 7.77. The van der Waals surface area contributed by atoms with E-state index < -0.39 is 23.4 Å². The maximum atomic E-state index is 13.3. The van der Waals surface area contributed by atoms with E-state index in [2.05, 4.69) is 22.7 Å². The van der Waals surface area contributed by atoms with E-state index in [1.807, 2.05) is 37.3 Å². The number of hydrogen-bond acceptors (Lipinski definition) is 6. The van der Waals surface area contributed by atoms with E-state index in [0.29, 0.717) is 29.0 Å². The number of nitrogens with zero attached hydrogens (tertiary/aromatic N) is 3. The average molecular weight is 480 g/mol. The predicted molar refractivity (Wildman–Crippen MR) is 128 cm³/mol. The number of urea groups is 1. The number of amides is 4. The molecule has 2 fully saturated rings.